The lowest BCUT2D eigenvalue weighted by Gasteiger charge is -2.29. The van der Waals surface area contributed by atoms with Gasteiger partial charge in [-0.3, -0.25) is 9.63 Å². The van der Waals surface area contributed by atoms with Crippen molar-refractivity contribution in [2.45, 2.75) is 70.9 Å². The van der Waals surface area contributed by atoms with E-state index in [0.717, 1.165) is 12.8 Å². The maximum atomic E-state index is 12.5. The van der Waals surface area contributed by atoms with Gasteiger partial charge in [-0.25, -0.2) is 0 Å². The molecule has 2 N–H and O–H groups in total. The minimum absolute atomic E-state index is 0.0530. The molecule has 0 spiro atoms. The molecule has 2 unspecified atom stereocenters. The Bertz CT molecular complexity index is 357. The van der Waals surface area contributed by atoms with Crippen molar-refractivity contribution in [2.24, 2.45) is 11.8 Å². The fraction of sp³-hybridized carbons (Fsp3) is 0.933. The van der Waals surface area contributed by atoms with E-state index in [2.05, 4.69) is 5.48 Å². The van der Waals surface area contributed by atoms with Gasteiger partial charge in [0.25, 0.3) is 0 Å². The van der Waals surface area contributed by atoms with Gasteiger partial charge in [0, 0.05) is 25.5 Å². The number of hydroxylamine groups is 1. The van der Waals surface area contributed by atoms with Gasteiger partial charge < -0.3 is 9.84 Å². The number of ether oxygens (including phenoxy) is 1. The predicted molar refractivity (Wildman–Crippen MR) is 77.5 cm³/mol. The minimum atomic E-state index is -4.33. The van der Waals surface area contributed by atoms with Gasteiger partial charge >= 0.3 is 12.1 Å². The summed E-state index contributed by atoms with van der Waals surface area (Å²) in [6.45, 7) is 4.21. The van der Waals surface area contributed by atoms with E-state index >= 15 is 0 Å². The summed E-state index contributed by atoms with van der Waals surface area (Å²) < 4.78 is 42.8. The van der Waals surface area contributed by atoms with Crippen LogP contribution in [0.5, 0.6) is 0 Å². The number of carboxylic acids is 1. The molecule has 1 rings (SSSR count). The van der Waals surface area contributed by atoms with Crippen LogP contribution in [0.15, 0.2) is 0 Å². The Hall–Kier alpha value is -0.860. The van der Waals surface area contributed by atoms with Crippen molar-refractivity contribution in [3.63, 3.8) is 0 Å². The molecule has 23 heavy (non-hydrogen) atoms. The number of carbonyl (C=O) groups is 1. The van der Waals surface area contributed by atoms with Crippen LogP contribution < -0.4 is 5.48 Å². The van der Waals surface area contributed by atoms with Crippen LogP contribution in [0, 0.1) is 11.8 Å². The Balaban J connectivity index is 2.66. The van der Waals surface area contributed by atoms with E-state index < -0.39 is 36.8 Å². The highest BCUT2D eigenvalue weighted by molar-refractivity contribution is 5.70. The average Bonchev–Trinajstić information content (AvgIpc) is 2.45. The van der Waals surface area contributed by atoms with Gasteiger partial charge in [0.2, 0.25) is 0 Å². The van der Waals surface area contributed by atoms with Crippen LogP contribution in [-0.2, 0) is 14.4 Å². The molecule has 0 radical (unpaired) electrons. The number of halogens is 3. The number of rotatable bonds is 9. The van der Waals surface area contributed by atoms with Crippen LogP contribution >= 0.6 is 0 Å². The molecule has 0 saturated carbocycles. The van der Waals surface area contributed by atoms with Crippen molar-refractivity contribution in [3.05, 3.63) is 0 Å². The first-order valence-electron chi connectivity index (χ1n) is 8.01. The van der Waals surface area contributed by atoms with Crippen LogP contribution in [0.1, 0.15) is 52.4 Å². The summed E-state index contributed by atoms with van der Waals surface area (Å²) in [5.41, 5.74) is 2.54. The number of hydrogen-bond acceptors (Lipinski definition) is 4. The topological polar surface area (TPSA) is 67.8 Å². The SMILES string of the molecule is CC(C)CC(C(=O)O)[C@H](CCC(F)(F)F)NOC1CCCCO1. The van der Waals surface area contributed by atoms with E-state index in [1.165, 1.54) is 0 Å². The standard InChI is InChI=1S/C15H26F3NO4/c1-10(2)9-11(14(20)21)12(6-7-15(16,17)18)19-23-13-5-3-4-8-22-13/h10-13,19H,3-9H2,1-2H3,(H,20,21)/t11?,12-,13?/m0/s1. The van der Waals surface area contributed by atoms with Gasteiger partial charge in [0.15, 0.2) is 6.29 Å². The first kappa shape index (κ1) is 20.2. The lowest BCUT2D eigenvalue weighted by atomic mass is 9.88. The van der Waals surface area contributed by atoms with Crippen molar-refractivity contribution in [3.8, 4) is 0 Å². The first-order valence-corrected chi connectivity index (χ1v) is 8.01. The van der Waals surface area contributed by atoms with Gasteiger partial charge in [-0.05, 0) is 31.6 Å². The molecule has 8 heteroatoms. The molecular formula is C15H26F3NO4. The van der Waals surface area contributed by atoms with Crippen molar-refractivity contribution < 1.29 is 32.6 Å². The number of nitrogens with one attached hydrogen (secondary N) is 1. The van der Waals surface area contributed by atoms with Gasteiger partial charge in [-0.15, -0.1) is 0 Å². The van der Waals surface area contributed by atoms with Gasteiger partial charge in [-0.1, -0.05) is 13.8 Å². The van der Waals surface area contributed by atoms with Crippen LogP contribution in [-0.4, -0.2) is 36.2 Å². The van der Waals surface area contributed by atoms with E-state index in [0.29, 0.717) is 13.0 Å². The molecule has 1 saturated heterocycles. The third-order valence-electron chi connectivity index (χ3n) is 3.76. The largest absolute Gasteiger partial charge is 0.481 e. The zero-order chi connectivity index (χ0) is 17.5. The van der Waals surface area contributed by atoms with Crippen LogP contribution in [0.4, 0.5) is 13.2 Å². The Morgan fingerprint density at radius 3 is 2.57 bits per heavy atom. The van der Waals surface area contributed by atoms with E-state index in [1.807, 2.05) is 13.8 Å². The Morgan fingerprint density at radius 2 is 2.09 bits per heavy atom. The number of carboxylic acid groups (broad SMARTS) is 1. The first-order chi connectivity index (χ1) is 10.7. The molecule has 0 aromatic carbocycles. The van der Waals surface area contributed by atoms with Crippen molar-refractivity contribution in [2.75, 3.05) is 6.61 Å². The molecule has 0 aromatic heterocycles. The van der Waals surface area contributed by atoms with Gasteiger partial charge in [0.1, 0.15) is 0 Å². The van der Waals surface area contributed by atoms with Gasteiger partial charge in [-0.2, -0.15) is 18.7 Å². The van der Waals surface area contributed by atoms with E-state index in [-0.39, 0.29) is 18.8 Å². The quantitative estimate of drug-likeness (QED) is 0.628. The maximum absolute atomic E-state index is 12.5. The molecule has 1 heterocycles. The van der Waals surface area contributed by atoms with Crippen molar-refractivity contribution in [1.29, 1.82) is 0 Å². The summed E-state index contributed by atoms with van der Waals surface area (Å²) in [6, 6.07) is -0.915. The highest BCUT2D eigenvalue weighted by atomic mass is 19.4. The number of hydrogen-bond donors (Lipinski definition) is 2. The van der Waals surface area contributed by atoms with Crippen LogP contribution in [0.3, 0.4) is 0 Å². The molecule has 0 amide bonds. The fourth-order valence-electron chi connectivity index (χ4n) is 2.57. The number of aliphatic carboxylic acids is 1. The summed E-state index contributed by atoms with van der Waals surface area (Å²) in [5.74, 6) is -2.01. The fourth-order valence-corrected chi connectivity index (χ4v) is 2.57. The zero-order valence-corrected chi connectivity index (χ0v) is 13.6. The van der Waals surface area contributed by atoms with Crippen LogP contribution in [0.25, 0.3) is 0 Å². The smallest absolute Gasteiger partial charge is 0.389 e. The molecule has 1 fully saturated rings. The second kappa shape index (κ2) is 9.44. The third kappa shape index (κ3) is 8.53. The Kier molecular flexibility index (Phi) is 8.28. The summed E-state index contributed by atoms with van der Waals surface area (Å²) in [6.07, 6.45) is -3.52. The summed E-state index contributed by atoms with van der Waals surface area (Å²) in [5, 5.41) is 9.35. The summed E-state index contributed by atoms with van der Waals surface area (Å²) in [7, 11) is 0. The predicted octanol–water partition coefficient (Wildman–Crippen LogP) is 3.49. The molecule has 0 aromatic rings. The lowest BCUT2D eigenvalue weighted by Crippen LogP contribution is -2.44. The average molecular weight is 341 g/mol. The second-order valence-electron chi connectivity index (χ2n) is 6.37. The molecule has 5 nitrogen and oxygen atoms in total. The summed E-state index contributed by atoms with van der Waals surface area (Å²) >= 11 is 0. The van der Waals surface area contributed by atoms with Gasteiger partial charge in [0.05, 0.1) is 5.92 Å². The third-order valence-corrected chi connectivity index (χ3v) is 3.76. The van der Waals surface area contributed by atoms with E-state index in [1.54, 1.807) is 0 Å². The van der Waals surface area contributed by atoms with E-state index in [4.69, 9.17) is 9.57 Å². The highest BCUT2D eigenvalue weighted by Crippen LogP contribution is 2.27. The maximum Gasteiger partial charge on any atom is 0.389 e. The lowest BCUT2D eigenvalue weighted by molar-refractivity contribution is -0.210. The molecular weight excluding hydrogens is 315 g/mol. The molecule has 0 aliphatic carbocycles. The molecule has 136 valence electrons. The monoisotopic (exact) mass is 341 g/mol. The Labute approximate surface area is 134 Å². The molecule has 0 bridgehead atoms. The summed E-state index contributed by atoms with van der Waals surface area (Å²) in [4.78, 5) is 16.8. The number of alkyl halides is 3. The van der Waals surface area contributed by atoms with Crippen molar-refractivity contribution in [1.82, 2.24) is 5.48 Å². The van der Waals surface area contributed by atoms with E-state index in [9.17, 15) is 23.1 Å². The zero-order valence-electron chi connectivity index (χ0n) is 13.6. The molecule has 1 aliphatic rings. The van der Waals surface area contributed by atoms with Crippen LogP contribution in [0.2, 0.25) is 0 Å². The second-order valence-corrected chi connectivity index (χ2v) is 6.37. The highest BCUT2D eigenvalue weighted by Gasteiger charge is 2.35. The van der Waals surface area contributed by atoms with Crippen molar-refractivity contribution >= 4 is 5.97 Å². The Morgan fingerprint density at radius 1 is 1.39 bits per heavy atom. The molecule has 1 aliphatic heterocycles. The molecule has 3 atom stereocenters. The normalized spacial score (nSPS) is 22.1. The minimum Gasteiger partial charge on any atom is -0.481 e.